The van der Waals surface area contributed by atoms with Crippen LogP contribution in [-0.2, 0) is 0 Å². The van der Waals surface area contributed by atoms with Crippen LogP contribution in [0.2, 0.25) is 0 Å². The van der Waals surface area contributed by atoms with Crippen molar-refractivity contribution >= 4 is 29.1 Å². The Labute approximate surface area is 100 Å². The zero-order valence-corrected chi connectivity index (χ0v) is 9.97. The highest BCUT2D eigenvalue weighted by atomic mass is 32.2. The minimum absolute atomic E-state index is 0.100. The maximum absolute atomic E-state index is 7.38. The van der Waals surface area contributed by atoms with Gasteiger partial charge in [0.2, 0.25) is 0 Å². The molecule has 0 aliphatic rings. The number of nitrogens with zero attached hydrogens (tertiary/aromatic N) is 4. The summed E-state index contributed by atoms with van der Waals surface area (Å²) in [4.78, 5) is 12.3. The van der Waals surface area contributed by atoms with Crippen molar-refractivity contribution in [3.05, 3.63) is 23.9 Å². The first-order valence-corrected chi connectivity index (χ1v) is 5.89. The molecule has 8 heteroatoms. The molecule has 0 aliphatic heterocycles. The molecule has 0 unspecified atom stereocenters. The van der Waals surface area contributed by atoms with Gasteiger partial charge in [0.25, 0.3) is 0 Å². The molecule has 0 saturated carbocycles. The third-order valence-corrected chi connectivity index (χ3v) is 3.45. The standard InChI is InChI=1S/C8H8N6S2/c1-4-13-8(16-14-4)15-7-5(6(9)10)11-2-3-12-7/h2-3H,1H3,(H3,9,10). The molecule has 0 bridgehead atoms. The molecule has 0 fully saturated rings. The number of nitrogens with two attached hydrogens (primary N) is 1. The van der Waals surface area contributed by atoms with Crippen molar-refractivity contribution in [1.82, 2.24) is 19.3 Å². The van der Waals surface area contributed by atoms with E-state index in [1.165, 1.54) is 29.5 Å². The molecule has 0 saturated heterocycles. The lowest BCUT2D eigenvalue weighted by molar-refractivity contribution is 1.02. The molecule has 0 radical (unpaired) electrons. The predicted molar refractivity (Wildman–Crippen MR) is 61.8 cm³/mol. The van der Waals surface area contributed by atoms with E-state index in [4.69, 9.17) is 11.1 Å². The van der Waals surface area contributed by atoms with E-state index in [0.29, 0.717) is 10.7 Å². The second-order valence-electron chi connectivity index (χ2n) is 2.83. The number of hydrogen-bond acceptors (Lipinski definition) is 7. The van der Waals surface area contributed by atoms with Gasteiger partial charge in [0, 0.05) is 12.4 Å². The zero-order chi connectivity index (χ0) is 11.5. The van der Waals surface area contributed by atoms with Crippen LogP contribution >= 0.6 is 23.3 Å². The molecule has 0 atom stereocenters. The van der Waals surface area contributed by atoms with Gasteiger partial charge >= 0.3 is 0 Å². The van der Waals surface area contributed by atoms with Gasteiger partial charge in [-0.1, -0.05) is 0 Å². The minimum atomic E-state index is -0.100. The van der Waals surface area contributed by atoms with Crippen molar-refractivity contribution in [2.75, 3.05) is 0 Å². The Bertz CT molecular complexity index is 523. The summed E-state index contributed by atoms with van der Waals surface area (Å²) in [6, 6.07) is 0. The second kappa shape index (κ2) is 4.54. The third kappa shape index (κ3) is 2.34. The lowest BCUT2D eigenvalue weighted by Gasteiger charge is -2.02. The van der Waals surface area contributed by atoms with Crippen LogP contribution in [0.15, 0.2) is 21.8 Å². The van der Waals surface area contributed by atoms with Crippen molar-refractivity contribution in [3.63, 3.8) is 0 Å². The molecule has 0 aromatic carbocycles. The van der Waals surface area contributed by atoms with Crippen LogP contribution in [-0.4, -0.2) is 25.2 Å². The summed E-state index contributed by atoms with van der Waals surface area (Å²) >= 11 is 2.60. The summed E-state index contributed by atoms with van der Waals surface area (Å²) in [6.45, 7) is 1.82. The average molecular weight is 252 g/mol. The Morgan fingerprint density at radius 2 is 2.19 bits per heavy atom. The van der Waals surface area contributed by atoms with Crippen molar-refractivity contribution in [3.8, 4) is 0 Å². The summed E-state index contributed by atoms with van der Waals surface area (Å²) in [5.41, 5.74) is 5.78. The smallest absolute Gasteiger partial charge is 0.176 e. The largest absolute Gasteiger partial charge is 0.382 e. The Balaban J connectivity index is 2.31. The molecule has 2 heterocycles. The maximum Gasteiger partial charge on any atom is 0.176 e. The molecule has 2 aromatic heterocycles. The average Bonchev–Trinajstić information content (AvgIpc) is 2.64. The maximum atomic E-state index is 7.38. The number of hydrogen-bond donors (Lipinski definition) is 2. The Morgan fingerprint density at radius 1 is 1.44 bits per heavy atom. The quantitative estimate of drug-likeness (QED) is 0.626. The molecular formula is C8H8N6S2. The normalized spacial score (nSPS) is 10.3. The first-order valence-electron chi connectivity index (χ1n) is 4.30. The van der Waals surface area contributed by atoms with Gasteiger partial charge in [0.15, 0.2) is 4.34 Å². The first-order chi connectivity index (χ1) is 7.66. The monoisotopic (exact) mass is 252 g/mol. The summed E-state index contributed by atoms with van der Waals surface area (Å²) < 4.78 is 4.83. The van der Waals surface area contributed by atoms with Crippen molar-refractivity contribution in [2.45, 2.75) is 16.3 Å². The SMILES string of the molecule is Cc1nsc(Sc2nccnc2C(=N)N)n1. The van der Waals surface area contributed by atoms with Gasteiger partial charge < -0.3 is 5.73 Å². The number of rotatable bonds is 3. The third-order valence-electron chi connectivity index (χ3n) is 1.61. The highest BCUT2D eigenvalue weighted by molar-refractivity contribution is 8.01. The molecule has 2 aromatic rings. The lowest BCUT2D eigenvalue weighted by Crippen LogP contribution is -2.14. The van der Waals surface area contributed by atoms with E-state index >= 15 is 0 Å². The molecule has 6 nitrogen and oxygen atoms in total. The van der Waals surface area contributed by atoms with Crippen LogP contribution < -0.4 is 5.73 Å². The van der Waals surface area contributed by atoms with Gasteiger partial charge in [0.1, 0.15) is 22.4 Å². The van der Waals surface area contributed by atoms with Gasteiger partial charge in [-0.3, -0.25) is 5.41 Å². The molecule has 3 N–H and O–H groups in total. The fourth-order valence-electron chi connectivity index (χ4n) is 0.987. The number of nitrogens with one attached hydrogen (secondary N) is 1. The summed E-state index contributed by atoms with van der Waals surface area (Å²) in [5.74, 6) is 0.623. The van der Waals surface area contributed by atoms with Crippen molar-refractivity contribution < 1.29 is 0 Å². The van der Waals surface area contributed by atoms with E-state index in [-0.39, 0.29) is 5.84 Å². The van der Waals surface area contributed by atoms with E-state index in [1.807, 2.05) is 6.92 Å². The van der Waals surface area contributed by atoms with Gasteiger partial charge in [-0.2, -0.15) is 4.37 Å². The van der Waals surface area contributed by atoms with E-state index in [0.717, 1.165) is 10.2 Å². The summed E-state index contributed by atoms with van der Waals surface area (Å²) in [6.07, 6.45) is 3.06. The summed E-state index contributed by atoms with van der Waals surface area (Å²) in [7, 11) is 0. The first kappa shape index (κ1) is 11.0. The van der Waals surface area contributed by atoms with Crippen LogP contribution in [0.3, 0.4) is 0 Å². The number of nitrogen functional groups attached to an aromatic ring is 1. The van der Waals surface area contributed by atoms with Crippen LogP contribution in [0.4, 0.5) is 0 Å². The molecular weight excluding hydrogens is 244 g/mol. The minimum Gasteiger partial charge on any atom is -0.382 e. The van der Waals surface area contributed by atoms with Crippen LogP contribution in [0, 0.1) is 12.3 Å². The molecule has 0 aliphatic carbocycles. The van der Waals surface area contributed by atoms with E-state index in [1.54, 1.807) is 6.20 Å². The van der Waals surface area contributed by atoms with E-state index in [2.05, 4.69) is 19.3 Å². The van der Waals surface area contributed by atoms with Crippen LogP contribution in [0.1, 0.15) is 11.5 Å². The van der Waals surface area contributed by atoms with Gasteiger partial charge in [-0.05, 0) is 30.2 Å². The van der Waals surface area contributed by atoms with Crippen molar-refractivity contribution in [1.29, 1.82) is 5.41 Å². The zero-order valence-electron chi connectivity index (χ0n) is 8.34. The Morgan fingerprint density at radius 3 is 2.81 bits per heavy atom. The van der Waals surface area contributed by atoms with E-state index < -0.39 is 0 Å². The Hall–Kier alpha value is -1.54. The fraction of sp³-hybridized carbons (Fsp3) is 0.125. The highest BCUT2D eigenvalue weighted by Gasteiger charge is 2.11. The van der Waals surface area contributed by atoms with E-state index in [9.17, 15) is 0 Å². The molecule has 2 rings (SSSR count). The molecule has 0 spiro atoms. The van der Waals surface area contributed by atoms with Crippen molar-refractivity contribution in [2.24, 2.45) is 5.73 Å². The molecule has 82 valence electrons. The highest BCUT2D eigenvalue weighted by Crippen LogP contribution is 2.28. The predicted octanol–water partition coefficient (Wildman–Crippen LogP) is 1.07. The van der Waals surface area contributed by atoms with Gasteiger partial charge in [0.05, 0.1) is 0 Å². The number of aryl methyl sites for hydroxylation is 1. The van der Waals surface area contributed by atoms with Gasteiger partial charge in [-0.25, -0.2) is 15.0 Å². The lowest BCUT2D eigenvalue weighted by atomic mass is 10.4. The topological polar surface area (TPSA) is 101 Å². The molecule has 16 heavy (non-hydrogen) atoms. The second-order valence-corrected chi connectivity index (χ2v) is 4.82. The molecule has 0 amide bonds. The van der Waals surface area contributed by atoms with Crippen LogP contribution in [0.5, 0.6) is 0 Å². The fourth-order valence-corrected chi connectivity index (χ4v) is 2.62. The number of amidine groups is 1. The van der Waals surface area contributed by atoms with Gasteiger partial charge in [-0.15, -0.1) is 0 Å². The Kier molecular flexibility index (Phi) is 3.11. The van der Waals surface area contributed by atoms with Crippen LogP contribution in [0.25, 0.3) is 0 Å². The summed E-state index contributed by atoms with van der Waals surface area (Å²) in [5, 5.41) is 7.95. The number of aromatic nitrogens is 4.